The summed E-state index contributed by atoms with van der Waals surface area (Å²) in [6, 6.07) is 5.40. The normalized spacial score (nSPS) is 18.1. The zero-order valence-electron chi connectivity index (χ0n) is 16.1. The third-order valence-electron chi connectivity index (χ3n) is 4.47. The van der Waals surface area contributed by atoms with Crippen molar-refractivity contribution in [1.29, 1.82) is 0 Å². The monoisotopic (exact) mass is 424 g/mol. The van der Waals surface area contributed by atoms with Gasteiger partial charge in [0.05, 0.1) is 25.3 Å². The van der Waals surface area contributed by atoms with Gasteiger partial charge in [0.15, 0.2) is 4.80 Å². The number of hydrogen-bond donors (Lipinski definition) is 0. The van der Waals surface area contributed by atoms with Crippen LogP contribution in [0.5, 0.6) is 5.75 Å². The van der Waals surface area contributed by atoms with Gasteiger partial charge < -0.3 is 14.0 Å². The van der Waals surface area contributed by atoms with Gasteiger partial charge in [0, 0.05) is 22.7 Å². The first-order chi connectivity index (χ1) is 12.8. The van der Waals surface area contributed by atoms with Crippen molar-refractivity contribution < 1.29 is 9.47 Å². The van der Waals surface area contributed by atoms with Gasteiger partial charge in [-0.1, -0.05) is 44.6 Å². The Morgan fingerprint density at radius 3 is 2.85 bits per heavy atom. The second-order valence-corrected chi connectivity index (χ2v) is 9.51. The Kier molecular flexibility index (Phi) is 6.41. The van der Waals surface area contributed by atoms with Crippen LogP contribution in [0.25, 0.3) is 0 Å². The van der Waals surface area contributed by atoms with E-state index in [2.05, 4.69) is 31.5 Å². The molecule has 2 aromatic rings. The van der Waals surface area contributed by atoms with Crippen molar-refractivity contribution in [3.63, 3.8) is 0 Å². The molecule has 1 aliphatic rings. The summed E-state index contributed by atoms with van der Waals surface area (Å²) in [6.45, 7) is 8.25. The second-order valence-electron chi connectivity index (χ2n) is 7.68. The third-order valence-corrected chi connectivity index (χ3v) is 6.47. The Balaban J connectivity index is 2.02. The lowest BCUT2D eigenvalue weighted by atomic mass is 9.95. The molecule has 0 bridgehead atoms. The Labute approximate surface area is 174 Å². The first kappa shape index (κ1) is 20.5. The van der Waals surface area contributed by atoms with Crippen LogP contribution in [0, 0.1) is 0 Å². The molecular formula is C20H25ClN2O2S2. The number of methoxy groups -OCH3 is 1. The number of benzene rings is 1. The highest BCUT2D eigenvalue weighted by Crippen LogP contribution is 2.26. The summed E-state index contributed by atoms with van der Waals surface area (Å²) in [5, 5.41) is 0.608. The summed E-state index contributed by atoms with van der Waals surface area (Å²) in [7, 11) is 1.62. The highest BCUT2D eigenvalue weighted by molar-refractivity contribution is 7.80. The van der Waals surface area contributed by atoms with Crippen molar-refractivity contribution in [2.45, 2.75) is 51.7 Å². The van der Waals surface area contributed by atoms with Gasteiger partial charge in [0.25, 0.3) is 0 Å². The molecule has 146 valence electrons. The fourth-order valence-corrected chi connectivity index (χ4v) is 4.49. The van der Waals surface area contributed by atoms with Crippen LogP contribution in [0.15, 0.2) is 29.4 Å². The van der Waals surface area contributed by atoms with E-state index in [4.69, 9.17) is 38.3 Å². The standard InChI is InChI=1S/C20H25ClN2O2S2/c1-20(2,3)17-12-23(11-14-6-5-9-25-14)19(27-17)22-18(26)15-10-13(21)7-8-16(15)24-4/h7-8,10,12,14H,5-6,9,11H2,1-4H3/t14-/m1/s1. The number of thiazole rings is 1. The molecular weight excluding hydrogens is 400 g/mol. The summed E-state index contributed by atoms with van der Waals surface area (Å²) in [5.74, 6) is 0.673. The third kappa shape index (κ3) is 4.99. The lowest BCUT2D eigenvalue weighted by molar-refractivity contribution is 0.0963. The number of ether oxygens (including phenoxy) is 2. The Bertz CT molecular complexity index is 890. The minimum Gasteiger partial charge on any atom is -0.496 e. The lowest BCUT2D eigenvalue weighted by Crippen LogP contribution is -2.23. The lowest BCUT2D eigenvalue weighted by Gasteiger charge is -2.15. The maximum Gasteiger partial charge on any atom is 0.191 e. The number of hydrogen-bond acceptors (Lipinski definition) is 4. The average Bonchev–Trinajstić information content (AvgIpc) is 3.25. The highest BCUT2D eigenvalue weighted by atomic mass is 35.5. The van der Waals surface area contributed by atoms with Crippen LogP contribution < -0.4 is 9.54 Å². The topological polar surface area (TPSA) is 35.8 Å². The van der Waals surface area contributed by atoms with Gasteiger partial charge in [-0.25, -0.2) is 4.99 Å². The van der Waals surface area contributed by atoms with E-state index in [0.717, 1.165) is 36.4 Å². The predicted molar refractivity (Wildman–Crippen MR) is 115 cm³/mol. The van der Waals surface area contributed by atoms with Gasteiger partial charge in [-0.05, 0) is 36.5 Å². The first-order valence-electron chi connectivity index (χ1n) is 9.03. The minimum absolute atomic E-state index is 0.0477. The number of thiocarbonyl (C=S) groups is 1. The molecule has 27 heavy (non-hydrogen) atoms. The molecule has 1 aromatic heterocycles. The van der Waals surface area contributed by atoms with E-state index in [1.807, 2.05) is 6.07 Å². The molecule has 0 aliphatic carbocycles. The fraction of sp³-hybridized carbons (Fsp3) is 0.500. The van der Waals surface area contributed by atoms with Gasteiger partial charge in [0.1, 0.15) is 10.7 Å². The minimum atomic E-state index is 0.0477. The van der Waals surface area contributed by atoms with E-state index in [9.17, 15) is 0 Å². The van der Waals surface area contributed by atoms with Crippen LogP contribution in [-0.4, -0.2) is 29.4 Å². The molecule has 0 unspecified atom stereocenters. The molecule has 1 fully saturated rings. The van der Waals surface area contributed by atoms with Crippen LogP contribution in [0.2, 0.25) is 5.02 Å². The van der Waals surface area contributed by atoms with Crippen molar-refractivity contribution >= 4 is 40.1 Å². The molecule has 7 heteroatoms. The molecule has 1 atom stereocenters. The maximum atomic E-state index is 6.15. The summed E-state index contributed by atoms with van der Waals surface area (Å²) in [6.07, 6.45) is 4.62. The zero-order chi connectivity index (χ0) is 19.6. The summed E-state index contributed by atoms with van der Waals surface area (Å²) in [4.78, 5) is 7.39. The van der Waals surface area contributed by atoms with Crippen LogP contribution >= 0.6 is 35.2 Å². The largest absolute Gasteiger partial charge is 0.496 e. The summed E-state index contributed by atoms with van der Waals surface area (Å²) >= 11 is 13.4. The van der Waals surface area contributed by atoms with Crippen molar-refractivity contribution in [2.24, 2.45) is 4.99 Å². The van der Waals surface area contributed by atoms with Gasteiger partial charge in [-0.15, -0.1) is 11.3 Å². The van der Waals surface area contributed by atoms with Crippen molar-refractivity contribution in [3.05, 3.63) is 44.7 Å². The Morgan fingerprint density at radius 2 is 2.22 bits per heavy atom. The van der Waals surface area contributed by atoms with E-state index < -0.39 is 0 Å². The molecule has 2 heterocycles. The van der Waals surface area contributed by atoms with Gasteiger partial charge >= 0.3 is 0 Å². The average molecular weight is 425 g/mol. The molecule has 1 aliphatic heterocycles. The van der Waals surface area contributed by atoms with Gasteiger partial charge in [-0.2, -0.15) is 0 Å². The van der Waals surface area contributed by atoms with E-state index in [1.165, 1.54) is 4.88 Å². The van der Waals surface area contributed by atoms with E-state index in [-0.39, 0.29) is 11.5 Å². The van der Waals surface area contributed by atoms with E-state index >= 15 is 0 Å². The molecule has 0 spiro atoms. The van der Waals surface area contributed by atoms with Crippen molar-refractivity contribution in [2.75, 3.05) is 13.7 Å². The summed E-state index contributed by atoms with van der Waals surface area (Å²) < 4.78 is 13.4. The summed E-state index contributed by atoms with van der Waals surface area (Å²) in [5.41, 5.74) is 0.779. The fourth-order valence-electron chi connectivity index (χ4n) is 2.95. The van der Waals surface area contributed by atoms with Gasteiger partial charge in [0.2, 0.25) is 0 Å². The van der Waals surface area contributed by atoms with E-state index in [0.29, 0.717) is 15.8 Å². The molecule has 1 saturated heterocycles. The first-order valence-corrected chi connectivity index (χ1v) is 10.6. The predicted octanol–water partition coefficient (Wildman–Crippen LogP) is 4.96. The van der Waals surface area contributed by atoms with Crippen LogP contribution in [0.3, 0.4) is 0 Å². The number of halogens is 1. The molecule has 3 rings (SSSR count). The SMILES string of the molecule is COc1ccc(Cl)cc1C(=S)N=c1sc(C(C)(C)C)cn1C[C@H]1CCCO1. The molecule has 1 aromatic carbocycles. The van der Waals surface area contributed by atoms with Crippen LogP contribution in [0.1, 0.15) is 44.1 Å². The van der Waals surface area contributed by atoms with E-state index in [1.54, 1.807) is 30.6 Å². The van der Waals surface area contributed by atoms with Crippen molar-refractivity contribution in [3.8, 4) is 5.75 Å². The maximum absolute atomic E-state index is 6.15. The number of nitrogens with zero attached hydrogens (tertiary/aromatic N) is 2. The Morgan fingerprint density at radius 1 is 1.44 bits per heavy atom. The number of rotatable bonds is 4. The highest BCUT2D eigenvalue weighted by Gasteiger charge is 2.21. The zero-order valence-corrected chi connectivity index (χ0v) is 18.5. The van der Waals surface area contributed by atoms with Crippen LogP contribution in [-0.2, 0) is 16.7 Å². The molecule has 0 N–H and O–H groups in total. The molecule has 0 amide bonds. The van der Waals surface area contributed by atoms with Crippen molar-refractivity contribution in [1.82, 2.24) is 4.57 Å². The molecule has 0 radical (unpaired) electrons. The van der Waals surface area contributed by atoms with Crippen LogP contribution in [0.4, 0.5) is 0 Å². The van der Waals surface area contributed by atoms with Gasteiger partial charge in [-0.3, -0.25) is 0 Å². The Hall–Kier alpha value is -1.21. The molecule has 0 saturated carbocycles. The second kappa shape index (κ2) is 8.43. The smallest absolute Gasteiger partial charge is 0.191 e. The quantitative estimate of drug-likeness (QED) is 0.650. The number of aromatic nitrogens is 1. The molecule has 4 nitrogen and oxygen atoms in total.